The van der Waals surface area contributed by atoms with Crippen LogP contribution in [-0.4, -0.2) is 25.2 Å². The number of unbranched alkanes of at least 4 members (excludes halogenated alkanes) is 7. The second-order valence-electron chi connectivity index (χ2n) is 8.95. The summed E-state index contributed by atoms with van der Waals surface area (Å²) in [6.07, 6.45) is 12.6. The predicted molar refractivity (Wildman–Crippen MR) is 140 cm³/mol. The Morgan fingerprint density at radius 1 is 0.800 bits per heavy atom. The van der Waals surface area contributed by atoms with Gasteiger partial charge < -0.3 is 14.2 Å². The van der Waals surface area contributed by atoms with Crippen LogP contribution >= 0.6 is 0 Å². The maximum Gasteiger partial charge on any atom is 0.343 e. The van der Waals surface area contributed by atoms with Crippen molar-refractivity contribution < 1.29 is 23.8 Å². The van der Waals surface area contributed by atoms with Gasteiger partial charge in [-0.3, -0.25) is 0 Å². The predicted octanol–water partition coefficient (Wildman–Crippen LogP) is 7.79. The molecule has 0 bridgehead atoms. The fraction of sp³-hybridized carbons (Fsp3) is 0.467. The molecule has 35 heavy (non-hydrogen) atoms. The van der Waals surface area contributed by atoms with Crippen molar-refractivity contribution in [1.29, 1.82) is 0 Å². The highest BCUT2D eigenvalue weighted by Crippen LogP contribution is 2.18. The lowest BCUT2D eigenvalue weighted by atomic mass is 10.1. The van der Waals surface area contributed by atoms with E-state index in [1.165, 1.54) is 38.5 Å². The number of rotatable bonds is 17. The molecule has 2 aromatic carbocycles. The zero-order valence-corrected chi connectivity index (χ0v) is 21.3. The number of ether oxygens (including phenoxy) is 3. The number of carbonyl (C=O) groups is 2. The average molecular weight is 481 g/mol. The highest BCUT2D eigenvalue weighted by molar-refractivity contribution is 5.92. The monoisotopic (exact) mass is 480 g/mol. The van der Waals surface area contributed by atoms with Gasteiger partial charge in [-0.2, -0.15) is 0 Å². The lowest BCUT2D eigenvalue weighted by molar-refractivity contribution is 0.0447. The average Bonchev–Trinajstić information content (AvgIpc) is 2.88. The second-order valence-corrected chi connectivity index (χ2v) is 8.95. The van der Waals surface area contributed by atoms with E-state index in [2.05, 4.69) is 13.5 Å². The Morgan fingerprint density at radius 3 is 1.94 bits per heavy atom. The topological polar surface area (TPSA) is 61.8 Å². The minimum Gasteiger partial charge on any atom is -0.494 e. The smallest absolute Gasteiger partial charge is 0.343 e. The zero-order chi connectivity index (χ0) is 25.3. The molecule has 0 aliphatic rings. The van der Waals surface area contributed by atoms with Gasteiger partial charge in [0.2, 0.25) is 0 Å². The molecule has 0 aliphatic heterocycles. The fourth-order valence-electron chi connectivity index (χ4n) is 3.40. The molecule has 0 fully saturated rings. The van der Waals surface area contributed by atoms with Gasteiger partial charge in [0.25, 0.3) is 0 Å². The Labute approximate surface area is 210 Å². The third-order valence-electron chi connectivity index (χ3n) is 5.91. The van der Waals surface area contributed by atoms with E-state index in [9.17, 15) is 9.59 Å². The summed E-state index contributed by atoms with van der Waals surface area (Å²) in [5, 5.41) is 0. The lowest BCUT2D eigenvalue weighted by Crippen LogP contribution is -2.12. The molecule has 0 saturated carbocycles. The van der Waals surface area contributed by atoms with Gasteiger partial charge in [0.1, 0.15) is 11.5 Å². The first kappa shape index (κ1) is 28.2. The first-order valence-corrected chi connectivity index (χ1v) is 12.9. The summed E-state index contributed by atoms with van der Waals surface area (Å²) in [4.78, 5) is 24.5. The van der Waals surface area contributed by atoms with E-state index < -0.39 is 5.97 Å². The van der Waals surface area contributed by atoms with E-state index >= 15 is 0 Å². The minimum absolute atomic E-state index is 0.323. The Bertz CT molecular complexity index is 886. The van der Waals surface area contributed by atoms with Crippen molar-refractivity contribution in [2.24, 2.45) is 5.92 Å². The normalized spacial score (nSPS) is 11.5. The van der Waals surface area contributed by atoms with Crippen LogP contribution in [0.15, 0.2) is 61.2 Å². The summed E-state index contributed by atoms with van der Waals surface area (Å²) in [7, 11) is 0. The number of benzene rings is 2. The minimum atomic E-state index is -0.461. The van der Waals surface area contributed by atoms with E-state index in [0.29, 0.717) is 36.0 Å². The molecule has 5 nitrogen and oxygen atoms in total. The molecule has 0 aliphatic carbocycles. The van der Waals surface area contributed by atoms with Crippen LogP contribution in [-0.2, 0) is 4.74 Å². The molecule has 0 saturated heterocycles. The summed E-state index contributed by atoms with van der Waals surface area (Å²) in [6, 6.07) is 13.3. The van der Waals surface area contributed by atoms with Gasteiger partial charge in [0, 0.05) is 0 Å². The molecule has 1 atom stereocenters. The van der Waals surface area contributed by atoms with Gasteiger partial charge in [0.15, 0.2) is 0 Å². The van der Waals surface area contributed by atoms with E-state index in [-0.39, 0.29) is 5.97 Å². The lowest BCUT2D eigenvalue weighted by Gasteiger charge is -2.10. The van der Waals surface area contributed by atoms with Crippen LogP contribution in [0.2, 0.25) is 0 Å². The standard InChI is InChI=1S/C30H40O5/c1-4-6-7-8-9-10-11-12-13-22-33-27-18-14-26(15-19-27)30(32)35-28-20-16-25(17-21-28)29(31)34-23-24(3)5-2/h4,14-21,24H,1,5-13,22-23H2,2-3H3/t24-/m0/s1. The Hall–Kier alpha value is -3.08. The molecule has 2 rings (SSSR count). The summed E-state index contributed by atoms with van der Waals surface area (Å²) in [5.41, 5.74) is 0.865. The number of carbonyl (C=O) groups excluding carboxylic acids is 2. The number of hydrogen-bond acceptors (Lipinski definition) is 5. The van der Waals surface area contributed by atoms with Crippen LogP contribution in [0, 0.1) is 5.92 Å². The van der Waals surface area contributed by atoms with Gasteiger partial charge in [-0.05, 0) is 73.7 Å². The molecule has 5 heteroatoms. The molecule has 0 aromatic heterocycles. The third kappa shape index (κ3) is 11.3. The number of esters is 2. The van der Waals surface area contributed by atoms with Crippen LogP contribution in [0.1, 0.15) is 92.4 Å². The van der Waals surface area contributed by atoms with Crippen LogP contribution in [0.25, 0.3) is 0 Å². The van der Waals surface area contributed by atoms with E-state index in [4.69, 9.17) is 14.2 Å². The Kier molecular flexibility index (Phi) is 13.3. The third-order valence-corrected chi connectivity index (χ3v) is 5.91. The first-order valence-electron chi connectivity index (χ1n) is 12.9. The molecule has 0 spiro atoms. The molecule has 0 amide bonds. The fourth-order valence-corrected chi connectivity index (χ4v) is 3.40. The Balaban J connectivity index is 1.68. The molecular weight excluding hydrogens is 440 g/mol. The summed E-state index contributed by atoms with van der Waals surface area (Å²) < 4.78 is 16.5. The van der Waals surface area contributed by atoms with Crippen molar-refractivity contribution in [2.45, 2.75) is 71.6 Å². The van der Waals surface area contributed by atoms with Crippen molar-refractivity contribution in [3.8, 4) is 11.5 Å². The van der Waals surface area contributed by atoms with Crippen molar-refractivity contribution >= 4 is 11.9 Å². The first-order chi connectivity index (χ1) is 17.0. The molecular formula is C30H40O5. The van der Waals surface area contributed by atoms with Crippen molar-refractivity contribution in [2.75, 3.05) is 13.2 Å². The Morgan fingerprint density at radius 2 is 1.34 bits per heavy atom. The van der Waals surface area contributed by atoms with E-state index in [1.807, 2.05) is 13.0 Å². The highest BCUT2D eigenvalue weighted by atomic mass is 16.5. The highest BCUT2D eigenvalue weighted by Gasteiger charge is 2.12. The quantitative estimate of drug-likeness (QED) is 0.100. The zero-order valence-electron chi connectivity index (χ0n) is 21.3. The number of hydrogen-bond donors (Lipinski definition) is 0. The van der Waals surface area contributed by atoms with E-state index in [1.54, 1.807) is 48.5 Å². The van der Waals surface area contributed by atoms with Gasteiger partial charge in [-0.15, -0.1) is 6.58 Å². The van der Waals surface area contributed by atoms with Crippen molar-refractivity contribution in [3.63, 3.8) is 0 Å². The van der Waals surface area contributed by atoms with Crippen LogP contribution in [0.5, 0.6) is 11.5 Å². The molecule has 0 radical (unpaired) electrons. The van der Waals surface area contributed by atoms with Crippen molar-refractivity contribution in [3.05, 3.63) is 72.3 Å². The van der Waals surface area contributed by atoms with Crippen molar-refractivity contribution in [1.82, 2.24) is 0 Å². The van der Waals surface area contributed by atoms with Gasteiger partial charge in [-0.1, -0.05) is 58.4 Å². The maximum atomic E-state index is 12.4. The molecule has 0 N–H and O–H groups in total. The molecule has 0 heterocycles. The number of allylic oxidation sites excluding steroid dienone is 1. The molecule has 190 valence electrons. The van der Waals surface area contributed by atoms with Gasteiger partial charge >= 0.3 is 11.9 Å². The van der Waals surface area contributed by atoms with Crippen LogP contribution in [0.3, 0.4) is 0 Å². The molecule has 2 aromatic rings. The maximum absolute atomic E-state index is 12.4. The summed E-state index contributed by atoms with van der Waals surface area (Å²) in [5.74, 6) is 0.596. The largest absolute Gasteiger partial charge is 0.494 e. The SMILES string of the molecule is C=CCCCCCCCCCOc1ccc(C(=O)Oc2ccc(C(=O)OC[C@@H](C)CC)cc2)cc1. The van der Waals surface area contributed by atoms with Gasteiger partial charge in [0.05, 0.1) is 24.3 Å². The summed E-state index contributed by atoms with van der Waals surface area (Å²) in [6.45, 7) is 8.90. The van der Waals surface area contributed by atoms with E-state index in [0.717, 1.165) is 25.0 Å². The van der Waals surface area contributed by atoms with Gasteiger partial charge in [-0.25, -0.2) is 9.59 Å². The van der Waals surface area contributed by atoms with Crippen LogP contribution in [0.4, 0.5) is 0 Å². The summed E-state index contributed by atoms with van der Waals surface area (Å²) >= 11 is 0. The van der Waals surface area contributed by atoms with Crippen LogP contribution < -0.4 is 9.47 Å². The molecule has 0 unspecified atom stereocenters. The second kappa shape index (κ2) is 16.5.